The molecule has 0 aliphatic carbocycles. The molecule has 0 bridgehead atoms. The fourth-order valence-electron chi connectivity index (χ4n) is 1.52. The molecular formula is C10H13BrN2O4S. The van der Waals surface area contributed by atoms with Crippen LogP contribution in [0.2, 0.25) is 0 Å². The van der Waals surface area contributed by atoms with Gasteiger partial charge in [0.25, 0.3) is 5.69 Å². The van der Waals surface area contributed by atoms with Crippen molar-refractivity contribution in [2.24, 2.45) is 0 Å². The van der Waals surface area contributed by atoms with E-state index in [1.807, 2.05) is 0 Å². The van der Waals surface area contributed by atoms with Crippen molar-refractivity contribution in [1.82, 2.24) is 0 Å². The minimum absolute atomic E-state index is 0.0309. The van der Waals surface area contributed by atoms with Crippen molar-refractivity contribution in [1.29, 1.82) is 0 Å². The van der Waals surface area contributed by atoms with Gasteiger partial charge in [-0.05, 0) is 35.0 Å². The lowest BCUT2D eigenvalue weighted by atomic mass is 10.2. The average Bonchev–Trinajstić information content (AvgIpc) is 2.17. The number of hydrogen-bond acceptors (Lipinski definition) is 5. The van der Waals surface area contributed by atoms with Crippen LogP contribution in [0.5, 0.6) is 0 Å². The van der Waals surface area contributed by atoms with E-state index in [0.717, 1.165) is 6.26 Å². The van der Waals surface area contributed by atoms with E-state index >= 15 is 0 Å². The summed E-state index contributed by atoms with van der Waals surface area (Å²) in [5, 5.41) is 13.7. The van der Waals surface area contributed by atoms with Gasteiger partial charge in [-0.25, -0.2) is 8.42 Å². The van der Waals surface area contributed by atoms with Crippen molar-refractivity contribution in [2.75, 3.05) is 17.3 Å². The standard InChI is InChI=1S/C10H13BrN2O4S/c1-7(6-18(2,16)17)12-8-3-4-9(11)10(5-8)13(14)15/h3-5,7,12H,6H2,1-2H3. The van der Waals surface area contributed by atoms with Crippen molar-refractivity contribution >= 4 is 37.1 Å². The van der Waals surface area contributed by atoms with Crippen LogP contribution in [0.4, 0.5) is 11.4 Å². The molecule has 6 nitrogen and oxygen atoms in total. The number of benzene rings is 1. The predicted octanol–water partition coefficient (Wildman–Crippen LogP) is 2.20. The highest BCUT2D eigenvalue weighted by Crippen LogP contribution is 2.28. The van der Waals surface area contributed by atoms with E-state index in [4.69, 9.17) is 0 Å². The van der Waals surface area contributed by atoms with Gasteiger partial charge in [-0.1, -0.05) is 0 Å². The summed E-state index contributed by atoms with van der Waals surface area (Å²) in [6.07, 6.45) is 1.15. The lowest BCUT2D eigenvalue weighted by molar-refractivity contribution is -0.385. The topological polar surface area (TPSA) is 89.3 Å². The highest BCUT2D eigenvalue weighted by molar-refractivity contribution is 9.10. The molecule has 0 amide bonds. The monoisotopic (exact) mass is 336 g/mol. The Morgan fingerprint density at radius 3 is 2.61 bits per heavy atom. The molecule has 0 spiro atoms. The first-order valence-corrected chi connectivity index (χ1v) is 7.92. The minimum Gasteiger partial charge on any atom is -0.381 e. The Balaban J connectivity index is 2.86. The van der Waals surface area contributed by atoms with Crippen molar-refractivity contribution in [3.63, 3.8) is 0 Å². The number of rotatable bonds is 5. The van der Waals surface area contributed by atoms with Crippen LogP contribution in [0, 0.1) is 10.1 Å². The Morgan fingerprint density at radius 1 is 1.50 bits per heavy atom. The molecule has 1 N–H and O–H groups in total. The second kappa shape index (κ2) is 5.66. The maximum Gasteiger partial charge on any atom is 0.285 e. The maximum atomic E-state index is 11.1. The van der Waals surface area contributed by atoms with Crippen LogP contribution in [0.1, 0.15) is 6.92 Å². The van der Waals surface area contributed by atoms with E-state index in [-0.39, 0.29) is 17.5 Å². The molecule has 0 fully saturated rings. The van der Waals surface area contributed by atoms with Gasteiger partial charge in [0.2, 0.25) is 0 Å². The Bertz CT molecular complexity index is 559. The second-order valence-corrected chi connectivity index (χ2v) is 7.10. The number of anilines is 1. The molecule has 8 heteroatoms. The largest absolute Gasteiger partial charge is 0.381 e. The third-order valence-electron chi connectivity index (χ3n) is 2.11. The van der Waals surface area contributed by atoms with Gasteiger partial charge in [0.05, 0.1) is 15.1 Å². The summed E-state index contributed by atoms with van der Waals surface area (Å²) < 4.78 is 22.6. The molecule has 0 aliphatic rings. The van der Waals surface area contributed by atoms with Gasteiger partial charge >= 0.3 is 0 Å². The SMILES string of the molecule is CC(CS(C)(=O)=O)Nc1ccc(Br)c([N+](=O)[O-])c1. The van der Waals surface area contributed by atoms with Crippen LogP contribution < -0.4 is 5.32 Å². The van der Waals surface area contributed by atoms with Gasteiger partial charge < -0.3 is 5.32 Å². The van der Waals surface area contributed by atoms with Crippen LogP contribution in [-0.2, 0) is 9.84 Å². The first kappa shape index (κ1) is 14.9. The van der Waals surface area contributed by atoms with Crippen molar-refractivity contribution < 1.29 is 13.3 Å². The summed E-state index contributed by atoms with van der Waals surface area (Å²) in [4.78, 5) is 10.2. The summed E-state index contributed by atoms with van der Waals surface area (Å²) >= 11 is 3.08. The molecule has 0 saturated carbocycles. The molecule has 100 valence electrons. The van der Waals surface area contributed by atoms with Crippen LogP contribution in [0.25, 0.3) is 0 Å². The van der Waals surface area contributed by atoms with E-state index in [1.165, 1.54) is 6.07 Å². The third-order valence-corrected chi connectivity index (χ3v) is 3.88. The lowest BCUT2D eigenvalue weighted by Gasteiger charge is -2.14. The Labute approximate surface area is 114 Å². The van der Waals surface area contributed by atoms with Crippen LogP contribution >= 0.6 is 15.9 Å². The number of nitrogens with one attached hydrogen (secondary N) is 1. The Hall–Kier alpha value is -1.15. The summed E-state index contributed by atoms with van der Waals surface area (Å²) in [6.45, 7) is 1.70. The van der Waals surface area contributed by atoms with Crippen LogP contribution in [0.3, 0.4) is 0 Å². The van der Waals surface area contributed by atoms with Crippen molar-refractivity contribution in [3.05, 3.63) is 32.8 Å². The molecule has 18 heavy (non-hydrogen) atoms. The highest BCUT2D eigenvalue weighted by Gasteiger charge is 2.15. The summed E-state index contributed by atoms with van der Waals surface area (Å²) in [5.41, 5.74) is 0.451. The minimum atomic E-state index is -3.08. The molecule has 0 radical (unpaired) electrons. The lowest BCUT2D eigenvalue weighted by Crippen LogP contribution is -2.24. The Kier molecular flexibility index (Phi) is 4.69. The molecule has 0 heterocycles. The van der Waals surface area contributed by atoms with E-state index in [9.17, 15) is 18.5 Å². The molecule has 0 aliphatic heterocycles. The average molecular weight is 337 g/mol. The summed E-state index contributed by atoms with van der Waals surface area (Å²) in [7, 11) is -3.08. The quantitative estimate of drug-likeness (QED) is 0.657. The van der Waals surface area contributed by atoms with Crippen LogP contribution in [-0.4, -0.2) is 31.4 Å². The number of nitro benzene ring substituents is 1. The van der Waals surface area contributed by atoms with Gasteiger partial charge in [0, 0.05) is 24.1 Å². The third kappa shape index (κ3) is 4.61. The van der Waals surface area contributed by atoms with Crippen molar-refractivity contribution in [2.45, 2.75) is 13.0 Å². The van der Waals surface area contributed by atoms with Gasteiger partial charge in [-0.2, -0.15) is 0 Å². The number of nitrogens with zero attached hydrogens (tertiary/aromatic N) is 1. The zero-order valence-corrected chi connectivity index (χ0v) is 12.3. The number of hydrogen-bond donors (Lipinski definition) is 1. The molecule has 0 aromatic heterocycles. The smallest absolute Gasteiger partial charge is 0.285 e. The fraction of sp³-hybridized carbons (Fsp3) is 0.400. The summed E-state index contributed by atoms with van der Waals surface area (Å²) in [6, 6.07) is 4.24. The molecular weight excluding hydrogens is 324 g/mol. The predicted molar refractivity (Wildman–Crippen MR) is 73.6 cm³/mol. The molecule has 0 saturated heterocycles. The molecule has 1 rings (SSSR count). The normalized spacial score (nSPS) is 13.1. The molecule has 1 aromatic carbocycles. The first-order valence-electron chi connectivity index (χ1n) is 5.07. The zero-order valence-electron chi connectivity index (χ0n) is 9.88. The van der Waals surface area contributed by atoms with E-state index in [0.29, 0.717) is 10.2 Å². The number of sulfone groups is 1. The number of nitro groups is 1. The van der Waals surface area contributed by atoms with E-state index < -0.39 is 14.8 Å². The van der Waals surface area contributed by atoms with Gasteiger partial charge in [0.15, 0.2) is 0 Å². The van der Waals surface area contributed by atoms with Gasteiger partial charge in [0.1, 0.15) is 9.84 Å². The second-order valence-electron chi connectivity index (χ2n) is 4.06. The number of halogens is 1. The molecule has 1 unspecified atom stereocenters. The van der Waals surface area contributed by atoms with Crippen LogP contribution in [0.15, 0.2) is 22.7 Å². The van der Waals surface area contributed by atoms with Crippen molar-refractivity contribution in [3.8, 4) is 0 Å². The van der Waals surface area contributed by atoms with E-state index in [2.05, 4.69) is 21.2 Å². The molecule has 1 atom stereocenters. The van der Waals surface area contributed by atoms with E-state index in [1.54, 1.807) is 19.1 Å². The first-order chi connectivity index (χ1) is 8.19. The highest BCUT2D eigenvalue weighted by atomic mass is 79.9. The molecule has 1 aromatic rings. The maximum absolute atomic E-state index is 11.1. The Morgan fingerprint density at radius 2 is 2.11 bits per heavy atom. The van der Waals surface area contributed by atoms with Gasteiger partial charge in [-0.15, -0.1) is 0 Å². The zero-order chi connectivity index (χ0) is 13.9. The summed E-state index contributed by atoms with van der Waals surface area (Å²) in [5.74, 6) is -0.0309. The van der Waals surface area contributed by atoms with Gasteiger partial charge in [-0.3, -0.25) is 10.1 Å². The fourth-order valence-corrected chi connectivity index (χ4v) is 2.91.